The van der Waals surface area contributed by atoms with Gasteiger partial charge in [-0.05, 0) is 77.0 Å². The minimum Gasteiger partial charge on any atom is -0.462 e. The highest BCUT2D eigenvalue weighted by molar-refractivity contribution is 5.71. The van der Waals surface area contributed by atoms with E-state index in [4.69, 9.17) is 14.2 Å². The second-order valence-corrected chi connectivity index (χ2v) is 20.6. The van der Waals surface area contributed by atoms with Crippen LogP contribution in [0, 0.1) is 0 Å². The first kappa shape index (κ1) is 67.4. The zero-order valence-electron chi connectivity index (χ0n) is 46.8. The van der Waals surface area contributed by atoms with Gasteiger partial charge in [0.05, 0.1) is 0 Å². The van der Waals surface area contributed by atoms with Gasteiger partial charge in [-0.25, -0.2) is 0 Å². The van der Waals surface area contributed by atoms with E-state index in [1.165, 1.54) is 193 Å². The van der Waals surface area contributed by atoms with E-state index in [1.807, 2.05) is 0 Å². The molecule has 0 heterocycles. The number of rotatable bonds is 56. The van der Waals surface area contributed by atoms with Crippen molar-refractivity contribution in [2.24, 2.45) is 0 Å². The molecule has 0 bridgehead atoms. The number of ether oxygens (including phenoxy) is 3. The maximum absolute atomic E-state index is 12.9. The molecule has 0 saturated carbocycles. The Morgan fingerprint density at radius 3 is 0.871 bits per heavy atom. The van der Waals surface area contributed by atoms with Crippen molar-refractivity contribution in [3.63, 3.8) is 0 Å². The van der Waals surface area contributed by atoms with Crippen molar-refractivity contribution in [3.05, 3.63) is 48.6 Å². The number of hydrogen-bond acceptors (Lipinski definition) is 6. The zero-order valence-corrected chi connectivity index (χ0v) is 46.8. The largest absolute Gasteiger partial charge is 0.462 e. The van der Waals surface area contributed by atoms with E-state index in [9.17, 15) is 14.4 Å². The van der Waals surface area contributed by atoms with Crippen LogP contribution in [-0.4, -0.2) is 37.2 Å². The molecule has 0 N–H and O–H groups in total. The third kappa shape index (κ3) is 56.3. The lowest BCUT2D eigenvalue weighted by Gasteiger charge is -2.18. The molecule has 0 spiro atoms. The van der Waals surface area contributed by atoms with E-state index >= 15 is 0 Å². The van der Waals surface area contributed by atoms with Crippen LogP contribution in [0.1, 0.15) is 323 Å². The normalized spacial score (nSPS) is 12.3. The van der Waals surface area contributed by atoms with Crippen LogP contribution >= 0.6 is 0 Å². The number of carbonyl (C=O) groups excluding carboxylic acids is 3. The maximum atomic E-state index is 12.9. The van der Waals surface area contributed by atoms with Crippen LogP contribution in [0.2, 0.25) is 0 Å². The van der Waals surface area contributed by atoms with Crippen molar-refractivity contribution in [2.75, 3.05) is 13.2 Å². The van der Waals surface area contributed by atoms with Crippen LogP contribution in [0.4, 0.5) is 0 Å². The second-order valence-electron chi connectivity index (χ2n) is 20.6. The third-order valence-electron chi connectivity index (χ3n) is 13.5. The van der Waals surface area contributed by atoms with E-state index < -0.39 is 6.10 Å². The molecule has 408 valence electrons. The monoisotopic (exact) mass is 981 g/mol. The summed E-state index contributed by atoms with van der Waals surface area (Å²) in [6.45, 7) is 6.60. The van der Waals surface area contributed by atoms with Crippen molar-refractivity contribution in [2.45, 2.75) is 329 Å². The average molecular weight is 982 g/mol. The van der Waals surface area contributed by atoms with Gasteiger partial charge in [0.2, 0.25) is 0 Å². The van der Waals surface area contributed by atoms with Crippen molar-refractivity contribution in [3.8, 4) is 0 Å². The molecule has 0 aromatic heterocycles. The molecular weight excluding hydrogens is 865 g/mol. The Hall–Kier alpha value is -2.63. The van der Waals surface area contributed by atoms with Gasteiger partial charge >= 0.3 is 17.9 Å². The number of esters is 3. The summed E-state index contributed by atoms with van der Waals surface area (Å²) in [5.41, 5.74) is 0. The smallest absolute Gasteiger partial charge is 0.306 e. The molecule has 0 aromatic rings. The fourth-order valence-electron chi connectivity index (χ4n) is 8.92. The maximum Gasteiger partial charge on any atom is 0.306 e. The average Bonchev–Trinajstić information content (AvgIpc) is 3.36. The van der Waals surface area contributed by atoms with Gasteiger partial charge in [0.25, 0.3) is 0 Å². The second kappa shape index (κ2) is 58.9. The SMILES string of the molecule is CCC/C=C\CCCCCCCC(=O)OCC(COC(=O)CCCCCCCCCC/C=C\C/C=C\C/C=C\CCCCCCC)OC(=O)CCCCCCCCCCCCCCCCCCCCC. The highest BCUT2D eigenvalue weighted by Gasteiger charge is 2.19. The van der Waals surface area contributed by atoms with E-state index in [1.54, 1.807) is 0 Å². The predicted molar refractivity (Wildman–Crippen MR) is 302 cm³/mol. The van der Waals surface area contributed by atoms with Crippen LogP contribution in [0.15, 0.2) is 48.6 Å². The van der Waals surface area contributed by atoms with Gasteiger partial charge in [0, 0.05) is 19.3 Å². The molecule has 1 unspecified atom stereocenters. The van der Waals surface area contributed by atoms with Gasteiger partial charge in [0.1, 0.15) is 13.2 Å². The molecule has 0 aromatic carbocycles. The molecule has 6 heteroatoms. The van der Waals surface area contributed by atoms with Crippen LogP contribution in [0.5, 0.6) is 0 Å². The Morgan fingerprint density at radius 1 is 0.286 bits per heavy atom. The summed E-state index contributed by atoms with van der Waals surface area (Å²) in [4.78, 5) is 38.1. The van der Waals surface area contributed by atoms with Crippen LogP contribution in [0.25, 0.3) is 0 Å². The van der Waals surface area contributed by atoms with Gasteiger partial charge < -0.3 is 14.2 Å². The van der Waals surface area contributed by atoms with Crippen molar-refractivity contribution in [1.82, 2.24) is 0 Å². The fraction of sp³-hybridized carbons (Fsp3) is 0.828. The quantitative estimate of drug-likeness (QED) is 0.0261. The van der Waals surface area contributed by atoms with E-state index in [2.05, 4.69) is 69.4 Å². The van der Waals surface area contributed by atoms with Gasteiger partial charge in [-0.1, -0.05) is 275 Å². The van der Waals surface area contributed by atoms with Crippen molar-refractivity contribution < 1.29 is 28.6 Å². The molecule has 0 aliphatic heterocycles. The van der Waals surface area contributed by atoms with Crippen LogP contribution in [-0.2, 0) is 28.6 Å². The third-order valence-corrected chi connectivity index (χ3v) is 13.5. The summed E-state index contributed by atoms with van der Waals surface area (Å²) in [6, 6.07) is 0. The minimum absolute atomic E-state index is 0.0768. The topological polar surface area (TPSA) is 78.9 Å². The van der Waals surface area contributed by atoms with Gasteiger partial charge in [-0.2, -0.15) is 0 Å². The summed E-state index contributed by atoms with van der Waals surface area (Å²) in [5.74, 6) is -0.877. The molecule has 1 atom stereocenters. The highest BCUT2D eigenvalue weighted by Crippen LogP contribution is 2.17. The molecule has 0 rings (SSSR count). The lowest BCUT2D eigenvalue weighted by Crippen LogP contribution is -2.30. The predicted octanol–water partition coefficient (Wildman–Crippen LogP) is 20.6. The van der Waals surface area contributed by atoms with E-state index in [0.29, 0.717) is 19.3 Å². The molecule has 6 nitrogen and oxygen atoms in total. The van der Waals surface area contributed by atoms with Gasteiger partial charge in [-0.3, -0.25) is 14.4 Å². The lowest BCUT2D eigenvalue weighted by atomic mass is 10.0. The molecular formula is C64H116O6. The van der Waals surface area contributed by atoms with Crippen molar-refractivity contribution in [1.29, 1.82) is 0 Å². The van der Waals surface area contributed by atoms with E-state index in [-0.39, 0.29) is 31.1 Å². The van der Waals surface area contributed by atoms with Gasteiger partial charge in [0.15, 0.2) is 6.10 Å². The lowest BCUT2D eigenvalue weighted by molar-refractivity contribution is -0.167. The Kier molecular flexibility index (Phi) is 56.7. The molecule has 0 aliphatic rings. The number of allylic oxidation sites excluding steroid dienone is 8. The number of carbonyl (C=O) groups is 3. The van der Waals surface area contributed by atoms with Crippen LogP contribution < -0.4 is 0 Å². The molecule has 0 amide bonds. The van der Waals surface area contributed by atoms with Crippen LogP contribution in [0.3, 0.4) is 0 Å². The summed E-state index contributed by atoms with van der Waals surface area (Å²) in [7, 11) is 0. The molecule has 0 aliphatic carbocycles. The molecule has 70 heavy (non-hydrogen) atoms. The summed E-state index contributed by atoms with van der Waals surface area (Å²) < 4.78 is 16.9. The van der Waals surface area contributed by atoms with E-state index in [0.717, 1.165) is 89.9 Å². The number of unbranched alkanes of at least 4 members (excludes halogenated alkanes) is 37. The molecule has 0 saturated heterocycles. The minimum atomic E-state index is -0.777. The summed E-state index contributed by atoms with van der Waals surface area (Å²) in [5, 5.41) is 0. The molecule has 0 fully saturated rings. The Labute approximate surface area is 435 Å². The standard InChI is InChI=1S/C64H116O6/c1-4-7-10-13-16-19-22-24-26-28-30-31-32-33-35-36-38-40-42-45-48-51-54-57-63(66)69-60-61(59-68-62(65)56-53-50-47-44-21-18-15-12-9-6-3)70-64(67)58-55-52-49-46-43-41-39-37-34-29-27-25-23-20-17-14-11-8-5-2/h12,15,22,24,28,30,32-33,61H,4-11,13-14,16-21,23,25-27,29,31,34-60H2,1-3H3/b15-12-,24-22-,30-28-,33-32-. The first-order valence-corrected chi connectivity index (χ1v) is 30.6. The first-order chi connectivity index (χ1) is 34.5. The Bertz CT molecular complexity index is 1220. The summed E-state index contributed by atoms with van der Waals surface area (Å²) in [6.07, 6.45) is 72.6. The summed E-state index contributed by atoms with van der Waals surface area (Å²) >= 11 is 0. The Morgan fingerprint density at radius 2 is 0.543 bits per heavy atom. The highest BCUT2D eigenvalue weighted by atomic mass is 16.6. The Balaban J connectivity index is 4.25. The fourth-order valence-corrected chi connectivity index (χ4v) is 8.92. The molecule has 0 radical (unpaired) electrons. The van der Waals surface area contributed by atoms with Crippen molar-refractivity contribution >= 4 is 17.9 Å². The first-order valence-electron chi connectivity index (χ1n) is 30.6. The van der Waals surface area contributed by atoms with Gasteiger partial charge in [-0.15, -0.1) is 0 Å². The zero-order chi connectivity index (χ0) is 50.7. The number of hydrogen-bond donors (Lipinski definition) is 0.